The molecular formula is C16H16N5Se+. The molecule has 1 aliphatic rings. The van der Waals surface area contributed by atoms with E-state index in [1.807, 2.05) is 35.9 Å². The predicted molar refractivity (Wildman–Crippen MR) is 87.9 cm³/mol. The zero-order valence-electron chi connectivity index (χ0n) is 12.7. The topological polar surface area (TPSA) is 37.8 Å². The number of benzene rings is 1. The van der Waals surface area contributed by atoms with Gasteiger partial charge in [-0.1, -0.05) is 0 Å². The Morgan fingerprint density at radius 3 is 2.82 bits per heavy atom. The van der Waals surface area contributed by atoms with Crippen molar-refractivity contribution < 1.29 is 4.57 Å². The molecule has 3 aromatic rings. The maximum atomic E-state index is 4.61. The molecule has 0 atom stereocenters. The Morgan fingerprint density at radius 1 is 1.18 bits per heavy atom. The first-order valence-electron chi connectivity index (χ1n) is 7.03. The van der Waals surface area contributed by atoms with Crippen LogP contribution in [0.4, 0.5) is 5.69 Å². The Labute approximate surface area is 135 Å². The molecule has 5 nitrogen and oxygen atoms in total. The summed E-state index contributed by atoms with van der Waals surface area (Å²) in [6.07, 6.45) is 5.87. The van der Waals surface area contributed by atoms with Gasteiger partial charge in [0.05, 0.1) is 0 Å². The normalized spacial score (nSPS) is 15.8. The van der Waals surface area contributed by atoms with Gasteiger partial charge in [-0.05, 0) is 0 Å². The molecule has 22 heavy (non-hydrogen) atoms. The molecule has 0 saturated carbocycles. The molecule has 2 aromatic heterocycles. The Balaban J connectivity index is 1.85. The van der Waals surface area contributed by atoms with E-state index in [4.69, 9.17) is 0 Å². The Kier molecular flexibility index (Phi) is 3.03. The van der Waals surface area contributed by atoms with Crippen LogP contribution in [0.2, 0.25) is 0 Å². The average molecular weight is 357 g/mol. The van der Waals surface area contributed by atoms with E-state index in [9.17, 15) is 0 Å². The summed E-state index contributed by atoms with van der Waals surface area (Å²) in [5, 5.41) is 0. The number of imidazole rings is 1. The van der Waals surface area contributed by atoms with Crippen LogP contribution in [-0.2, 0) is 14.1 Å². The van der Waals surface area contributed by atoms with Gasteiger partial charge in [0.2, 0.25) is 0 Å². The van der Waals surface area contributed by atoms with E-state index in [1.54, 1.807) is 0 Å². The van der Waals surface area contributed by atoms with Crippen molar-refractivity contribution in [2.75, 3.05) is 11.9 Å². The quantitative estimate of drug-likeness (QED) is 0.472. The summed E-state index contributed by atoms with van der Waals surface area (Å²) in [5.74, 6) is 0. The molecule has 0 aliphatic carbocycles. The van der Waals surface area contributed by atoms with E-state index in [1.165, 1.54) is 14.7 Å². The second-order valence-corrected chi connectivity index (χ2v) is 7.61. The zero-order valence-corrected chi connectivity index (χ0v) is 14.4. The Morgan fingerprint density at radius 2 is 2.00 bits per heavy atom. The third-order valence-corrected chi connectivity index (χ3v) is 6.34. The van der Waals surface area contributed by atoms with Gasteiger partial charge < -0.3 is 0 Å². The van der Waals surface area contributed by atoms with E-state index in [0.717, 1.165) is 16.9 Å². The monoisotopic (exact) mass is 358 g/mol. The average Bonchev–Trinajstić information content (AvgIpc) is 3.05. The number of aryl methyl sites for hydroxylation is 2. The van der Waals surface area contributed by atoms with Crippen molar-refractivity contribution in [1.29, 1.82) is 0 Å². The SMILES string of the molecule is CN1/C(=C\c2nc[n+](C)c3ncn(C)c23)[Se]c2ccccc21. The third-order valence-electron chi connectivity index (χ3n) is 3.90. The van der Waals surface area contributed by atoms with Gasteiger partial charge in [0.1, 0.15) is 0 Å². The van der Waals surface area contributed by atoms with Crippen LogP contribution in [0.25, 0.3) is 17.2 Å². The third kappa shape index (κ3) is 1.95. The van der Waals surface area contributed by atoms with Gasteiger partial charge in [-0.25, -0.2) is 0 Å². The molecule has 1 aromatic carbocycles. The number of para-hydroxylation sites is 1. The van der Waals surface area contributed by atoms with Gasteiger partial charge >= 0.3 is 135 Å². The van der Waals surface area contributed by atoms with E-state index in [-0.39, 0.29) is 0 Å². The first-order valence-corrected chi connectivity index (χ1v) is 8.74. The molecular weight excluding hydrogens is 341 g/mol. The fourth-order valence-corrected chi connectivity index (χ4v) is 4.99. The summed E-state index contributed by atoms with van der Waals surface area (Å²) >= 11 is 0.315. The zero-order chi connectivity index (χ0) is 15.3. The number of aromatic nitrogens is 4. The van der Waals surface area contributed by atoms with E-state index in [0.29, 0.717) is 15.0 Å². The minimum absolute atomic E-state index is 0.315. The summed E-state index contributed by atoms with van der Waals surface area (Å²) in [4.78, 5) is 11.3. The van der Waals surface area contributed by atoms with E-state index < -0.39 is 0 Å². The van der Waals surface area contributed by atoms with Crippen molar-refractivity contribution in [3.8, 4) is 0 Å². The standard InChI is InChI=1S/C16H16N5Se/c1-19-10-18-16-15(19)11(17-9-20(16)2)8-14-21(3)12-6-4-5-7-13(12)22-14/h4-10H,1-3H3/q+1. The van der Waals surface area contributed by atoms with Crippen molar-refractivity contribution in [3.05, 3.63) is 47.2 Å². The molecule has 0 spiro atoms. The number of rotatable bonds is 1. The van der Waals surface area contributed by atoms with Crippen LogP contribution in [0, 0.1) is 0 Å². The molecule has 110 valence electrons. The summed E-state index contributed by atoms with van der Waals surface area (Å²) in [5.41, 5.74) is 4.30. The van der Waals surface area contributed by atoms with Crippen LogP contribution < -0.4 is 13.9 Å². The van der Waals surface area contributed by atoms with Crippen molar-refractivity contribution in [2.24, 2.45) is 14.1 Å². The molecule has 0 saturated heterocycles. The van der Waals surface area contributed by atoms with Crippen LogP contribution in [0.15, 0.2) is 41.5 Å². The van der Waals surface area contributed by atoms with Gasteiger partial charge in [0.25, 0.3) is 0 Å². The number of hydrogen-bond acceptors (Lipinski definition) is 3. The molecule has 0 fully saturated rings. The molecule has 0 unspecified atom stereocenters. The summed E-state index contributed by atoms with van der Waals surface area (Å²) in [6.45, 7) is 0. The maximum absolute atomic E-state index is 4.61. The van der Waals surface area contributed by atoms with Gasteiger partial charge in [0.15, 0.2) is 0 Å². The molecule has 1 aliphatic heterocycles. The number of fused-ring (bicyclic) bond motifs is 2. The van der Waals surface area contributed by atoms with E-state index in [2.05, 4.69) is 52.3 Å². The van der Waals surface area contributed by atoms with Crippen LogP contribution in [0.3, 0.4) is 0 Å². The van der Waals surface area contributed by atoms with Crippen LogP contribution in [0.5, 0.6) is 0 Å². The fourth-order valence-electron chi connectivity index (χ4n) is 2.71. The van der Waals surface area contributed by atoms with Crippen molar-refractivity contribution in [3.63, 3.8) is 0 Å². The van der Waals surface area contributed by atoms with Crippen molar-refractivity contribution in [2.45, 2.75) is 0 Å². The molecule has 0 bridgehead atoms. The van der Waals surface area contributed by atoms with Gasteiger partial charge in [-0.3, -0.25) is 0 Å². The first kappa shape index (κ1) is 13.5. The van der Waals surface area contributed by atoms with Gasteiger partial charge in [-0.2, -0.15) is 0 Å². The molecule has 6 heteroatoms. The molecule has 4 rings (SSSR count). The number of nitrogens with zero attached hydrogens (tertiary/aromatic N) is 5. The molecule has 0 radical (unpaired) electrons. The van der Waals surface area contributed by atoms with Gasteiger partial charge in [0, 0.05) is 0 Å². The second kappa shape index (κ2) is 4.93. The summed E-state index contributed by atoms with van der Waals surface area (Å²) in [7, 11) is 6.11. The van der Waals surface area contributed by atoms with Crippen molar-refractivity contribution >= 4 is 42.3 Å². The van der Waals surface area contributed by atoms with E-state index >= 15 is 0 Å². The van der Waals surface area contributed by atoms with Crippen LogP contribution >= 0.6 is 0 Å². The Hall–Kier alpha value is -2.17. The molecule has 3 heterocycles. The number of hydrogen-bond donors (Lipinski definition) is 0. The first-order chi connectivity index (χ1) is 10.6. The molecule has 0 N–H and O–H groups in total. The number of anilines is 1. The van der Waals surface area contributed by atoms with Crippen LogP contribution in [-0.4, -0.2) is 36.5 Å². The van der Waals surface area contributed by atoms with Crippen LogP contribution in [0.1, 0.15) is 5.69 Å². The predicted octanol–water partition coefficient (Wildman–Crippen LogP) is 0.571. The van der Waals surface area contributed by atoms with Gasteiger partial charge in [-0.15, -0.1) is 0 Å². The fraction of sp³-hybridized carbons (Fsp3) is 0.188. The second-order valence-electron chi connectivity index (χ2n) is 5.38. The Bertz CT molecular complexity index is 912. The molecule has 0 amide bonds. The summed E-state index contributed by atoms with van der Waals surface area (Å²) < 4.78 is 6.73. The minimum atomic E-state index is 0.315. The summed E-state index contributed by atoms with van der Waals surface area (Å²) in [6, 6.07) is 8.59. The van der Waals surface area contributed by atoms with Crippen molar-refractivity contribution in [1.82, 2.24) is 14.5 Å².